The lowest BCUT2D eigenvalue weighted by atomic mass is 10.3. The number of nitrogens with two attached hydrogens (primary N) is 1. The second-order valence-corrected chi connectivity index (χ2v) is 5.53. The summed E-state index contributed by atoms with van der Waals surface area (Å²) in [6.07, 6.45) is 4.53. The van der Waals surface area contributed by atoms with Crippen molar-refractivity contribution in [2.45, 2.75) is 38.6 Å². The SMILES string of the molecule is Cc1nc(NN)nc(N(CC2CC2)C2CC2)c1[N+](=O)[O-]. The van der Waals surface area contributed by atoms with E-state index < -0.39 is 4.92 Å². The lowest BCUT2D eigenvalue weighted by Crippen LogP contribution is -2.30. The van der Waals surface area contributed by atoms with Gasteiger partial charge >= 0.3 is 5.69 Å². The fourth-order valence-corrected chi connectivity index (χ4v) is 2.40. The van der Waals surface area contributed by atoms with E-state index in [1.165, 1.54) is 12.8 Å². The minimum atomic E-state index is -0.396. The summed E-state index contributed by atoms with van der Waals surface area (Å²) in [5, 5.41) is 11.3. The van der Waals surface area contributed by atoms with Gasteiger partial charge in [-0.2, -0.15) is 4.98 Å². The monoisotopic (exact) mass is 278 g/mol. The molecule has 1 aromatic rings. The topological polar surface area (TPSA) is 110 Å². The zero-order valence-electron chi connectivity index (χ0n) is 11.4. The van der Waals surface area contributed by atoms with Gasteiger partial charge in [-0.15, -0.1) is 0 Å². The number of hydrogen-bond donors (Lipinski definition) is 2. The van der Waals surface area contributed by atoms with Crippen LogP contribution in [0.3, 0.4) is 0 Å². The van der Waals surface area contributed by atoms with Gasteiger partial charge in [-0.05, 0) is 38.5 Å². The van der Waals surface area contributed by atoms with Crippen LogP contribution in [0.1, 0.15) is 31.4 Å². The van der Waals surface area contributed by atoms with E-state index >= 15 is 0 Å². The molecule has 3 N–H and O–H groups in total. The lowest BCUT2D eigenvalue weighted by Gasteiger charge is -2.23. The second-order valence-electron chi connectivity index (χ2n) is 5.53. The maximum atomic E-state index is 11.3. The van der Waals surface area contributed by atoms with Gasteiger partial charge in [0, 0.05) is 12.6 Å². The number of rotatable bonds is 6. The van der Waals surface area contributed by atoms with Crippen LogP contribution in [0.5, 0.6) is 0 Å². The number of aromatic nitrogens is 2. The van der Waals surface area contributed by atoms with E-state index in [1.54, 1.807) is 6.92 Å². The van der Waals surface area contributed by atoms with Crippen LogP contribution in [-0.4, -0.2) is 27.5 Å². The van der Waals surface area contributed by atoms with Crippen LogP contribution in [0.15, 0.2) is 0 Å². The number of nitrogens with one attached hydrogen (secondary N) is 1. The Bertz CT molecular complexity index is 541. The Kier molecular flexibility index (Phi) is 3.17. The van der Waals surface area contributed by atoms with E-state index in [0.29, 0.717) is 23.5 Å². The summed E-state index contributed by atoms with van der Waals surface area (Å²) < 4.78 is 0. The maximum absolute atomic E-state index is 11.3. The van der Waals surface area contributed by atoms with Crippen molar-refractivity contribution in [2.75, 3.05) is 16.9 Å². The third-order valence-corrected chi connectivity index (χ3v) is 3.76. The Morgan fingerprint density at radius 1 is 1.40 bits per heavy atom. The molecule has 0 atom stereocenters. The van der Waals surface area contributed by atoms with Crippen LogP contribution in [0.2, 0.25) is 0 Å². The van der Waals surface area contributed by atoms with Gasteiger partial charge in [0.15, 0.2) is 0 Å². The van der Waals surface area contributed by atoms with Crippen molar-refractivity contribution in [1.29, 1.82) is 0 Å². The highest BCUT2D eigenvalue weighted by molar-refractivity contribution is 5.63. The van der Waals surface area contributed by atoms with Crippen molar-refractivity contribution < 1.29 is 4.92 Å². The summed E-state index contributed by atoms with van der Waals surface area (Å²) in [7, 11) is 0. The molecular formula is C12H18N6O2. The smallest absolute Gasteiger partial charge is 0.332 e. The van der Waals surface area contributed by atoms with Crippen molar-refractivity contribution >= 4 is 17.5 Å². The Morgan fingerprint density at radius 2 is 2.10 bits per heavy atom. The average Bonchev–Trinajstić information content (AvgIpc) is 3.26. The standard InChI is InChI=1S/C12H18N6O2/c1-7-10(18(19)20)11(15-12(14-7)16-13)17(9-4-5-9)6-8-2-3-8/h8-9H,2-6,13H2,1H3,(H,14,15,16). The van der Waals surface area contributed by atoms with Crippen molar-refractivity contribution in [1.82, 2.24) is 9.97 Å². The molecule has 0 bridgehead atoms. The quantitative estimate of drug-likeness (QED) is 0.459. The van der Waals surface area contributed by atoms with Gasteiger partial charge in [0.2, 0.25) is 11.8 Å². The first-order valence-electron chi connectivity index (χ1n) is 6.86. The molecule has 0 unspecified atom stereocenters. The van der Waals surface area contributed by atoms with Crippen LogP contribution in [0, 0.1) is 23.0 Å². The predicted octanol–water partition coefficient (Wildman–Crippen LogP) is 1.36. The van der Waals surface area contributed by atoms with Crippen LogP contribution in [0.4, 0.5) is 17.5 Å². The molecule has 0 spiro atoms. The van der Waals surface area contributed by atoms with Gasteiger partial charge in [-0.1, -0.05) is 0 Å². The van der Waals surface area contributed by atoms with Crippen LogP contribution >= 0.6 is 0 Å². The molecule has 2 aliphatic carbocycles. The van der Waals surface area contributed by atoms with Crippen LogP contribution in [-0.2, 0) is 0 Å². The molecule has 2 aliphatic rings. The highest BCUT2D eigenvalue weighted by atomic mass is 16.6. The van der Waals surface area contributed by atoms with Gasteiger partial charge < -0.3 is 4.90 Å². The highest BCUT2D eigenvalue weighted by Crippen LogP contribution is 2.40. The van der Waals surface area contributed by atoms with Gasteiger partial charge in [-0.25, -0.2) is 10.8 Å². The Balaban J connectivity index is 2.02. The number of nitro groups is 1. The van der Waals surface area contributed by atoms with E-state index in [1.807, 2.05) is 0 Å². The summed E-state index contributed by atoms with van der Waals surface area (Å²) in [6.45, 7) is 2.46. The first kappa shape index (κ1) is 13.0. The summed E-state index contributed by atoms with van der Waals surface area (Å²) in [4.78, 5) is 21.3. The number of hydrogen-bond acceptors (Lipinski definition) is 7. The van der Waals surface area contributed by atoms with E-state index in [9.17, 15) is 10.1 Å². The first-order chi connectivity index (χ1) is 9.60. The molecule has 1 aromatic heterocycles. The number of anilines is 2. The van der Waals surface area contributed by atoms with Crippen molar-refractivity contribution in [3.63, 3.8) is 0 Å². The van der Waals surface area contributed by atoms with Gasteiger partial charge in [-0.3, -0.25) is 15.5 Å². The number of nitrogen functional groups attached to an aromatic ring is 1. The maximum Gasteiger partial charge on any atom is 0.332 e. The first-order valence-corrected chi connectivity index (χ1v) is 6.86. The molecule has 0 aliphatic heterocycles. The van der Waals surface area contributed by atoms with Gasteiger partial charge in [0.1, 0.15) is 5.69 Å². The van der Waals surface area contributed by atoms with Crippen molar-refractivity contribution in [2.24, 2.45) is 11.8 Å². The zero-order valence-corrected chi connectivity index (χ0v) is 11.4. The van der Waals surface area contributed by atoms with Gasteiger partial charge in [0.25, 0.3) is 0 Å². The van der Waals surface area contributed by atoms with Crippen LogP contribution < -0.4 is 16.2 Å². The number of hydrazine groups is 1. The molecule has 0 saturated heterocycles. The molecular weight excluding hydrogens is 260 g/mol. The molecule has 20 heavy (non-hydrogen) atoms. The molecule has 3 rings (SSSR count). The molecule has 108 valence electrons. The fourth-order valence-electron chi connectivity index (χ4n) is 2.40. The molecule has 2 saturated carbocycles. The largest absolute Gasteiger partial charge is 0.347 e. The van der Waals surface area contributed by atoms with Crippen molar-refractivity contribution in [3.8, 4) is 0 Å². The molecule has 0 radical (unpaired) electrons. The molecule has 8 nitrogen and oxygen atoms in total. The molecule has 0 amide bonds. The van der Waals surface area contributed by atoms with Crippen LogP contribution in [0.25, 0.3) is 0 Å². The Hall–Kier alpha value is -1.96. The third kappa shape index (κ3) is 2.51. The van der Waals surface area contributed by atoms with E-state index in [0.717, 1.165) is 19.4 Å². The highest BCUT2D eigenvalue weighted by Gasteiger charge is 2.38. The average molecular weight is 278 g/mol. The summed E-state index contributed by atoms with van der Waals surface area (Å²) in [5.41, 5.74) is 2.72. The lowest BCUT2D eigenvalue weighted by molar-refractivity contribution is -0.385. The summed E-state index contributed by atoms with van der Waals surface area (Å²) >= 11 is 0. The van der Waals surface area contributed by atoms with E-state index in [-0.39, 0.29) is 11.6 Å². The minimum Gasteiger partial charge on any atom is -0.347 e. The molecule has 2 fully saturated rings. The molecule has 8 heteroatoms. The predicted molar refractivity (Wildman–Crippen MR) is 74.3 cm³/mol. The molecule has 0 aromatic carbocycles. The fraction of sp³-hybridized carbons (Fsp3) is 0.667. The normalized spacial score (nSPS) is 17.9. The second kappa shape index (κ2) is 4.86. The van der Waals surface area contributed by atoms with E-state index in [4.69, 9.17) is 5.84 Å². The number of aryl methyl sites for hydroxylation is 1. The third-order valence-electron chi connectivity index (χ3n) is 3.76. The Labute approximate surface area is 116 Å². The van der Waals surface area contributed by atoms with E-state index in [2.05, 4.69) is 20.3 Å². The summed E-state index contributed by atoms with van der Waals surface area (Å²) in [5.74, 6) is 6.63. The minimum absolute atomic E-state index is 0.00319. The molecule has 1 heterocycles. The Morgan fingerprint density at radius 3 is 2.60 bits per heavy atom. The van der Waals surface area contributed by atoms with Crippen molar-refractivity contribution in [3.05, 3.63) is 15.8 Å². The van der Waals surface area contributed by atoms with Gasteiger partial charge in [0.05, 0.1) is 4.92 Å². The zero-order chi connectivity index (χ0) is 14.3. The summed E-state index contributed by atoms with van der Waals surface area (Å²) in [6, 6.07) is 0.370. The number of nitrogens with zero attached hydrogens (tertiary/aromatic N) is 4.